The van der Waals surface area contributed by atoms with Gasteiger partial charge in [0.2, 0.25) is 5.91 Å². The predicted octanol–water partition coefficient (Wildman–Crippen LogP) is 3.51. The summed E-state index contributed by atoms with van der Waals surface area (Å²) in [4.78, 5) is 23.4. The lowest BCUT2D eigenvalue weighted by atomic mass is 9.95. The highest BCUT2D eigenvalue weighted by molar-refractivity contribution is 5.77. The molecule has 0 fully saturated rings. The third kappa shape index (κ3) is 5.17. The highest BCUT2D eigenvalue weighted by Gasteiger charge is 2.21. The molecule has 25 heavy (non-hydrogen) atoms. The number of carboxylic acids is 1. The Bertz CT molecular complexity index is 705. The number of aromatic nitrogens is 1. The Hall–Kier alpha value is -2.63. The highest BCUT2D eigenvalue weighted by atomic mass is 16.5. The minimum atomic E-state index is -0.876. The van der Waals surface area contributed by atoms with Gasteiger partial charge in [0.25, 0.3) is 0 Å². The van der Waals surface area contributed by atoms with Crippen molar-refractivity contribution in [3.8, 4) is 0 Å². The predicted molar refractivity (Wildman–Crippen MR) is 93.2 cm³/mol. The second kappa shape index (κ2) is 8.46. The normalized spacial score (nSPS) is 13.2. The van der Waals surface area contributed by atoms with Gasteiger partial charge in [0.1, 0.15) is 5.76 Å². The minimum Gasteiger partial charge on any atom is -0.481 e. The van der Waals surface area contributed by atoms with E-state index in [0.717, 1.165) is 22.6 Å². The van der Waals surface area contributed by atoms with Gasteiger partial charge in [-0.2, -0.15) is 0 Å². The Labute approximate surface area is 147 Å². The molecule has 1 aromatic heterocycles. The van der Waals surface area contributed by atoms with Crippen molar-refractivity contribution in [2.24, 2.45) is 0 Å². The fraction of sp³-hybridized carbons (Fsp3) is 0.421. The fourth-order valence-electron chi connectivity index (χ4n) is 3.10. The number of carbonyl (C=O) groups excluding carboxylic acids is 1. The molecule has 1 amide bonds. The summed E-state index contributed by atoms with van der Waals surface area (Å²) < 4.78 is 5.17. The number of aliphatic carboxylic acids is 1. The van der Waals surface area contributed by atoms with Crippen molar-refractivity contribution >= 4 is 11.9 Å². The monoisotopic (exact) mass is 344 g/mol. The van der Waals surface area contributed by atoms with E-state index >= 15 is 0 Å². The van der Waals surface area contributed by atoms with Gasteiger partial charge in [0.05, 0.1) is 11.7 Å². The quantitative estimate of drug-likeness (QED) is 0.764. The topological polar surface area (TPSA) is 92.4 Å². The van der Waals surface area contributed by atoms with Crippen molar-refractivity contribution in [3.05, 3.63) is 52.9 Å². The SMILES string of the molecule is Cc1noc(C)c1C(C)CC(=O)NC(CCC(=O)O)c1ccccc1. The van der Waals surface area contributed by atoms with Crippen LogP contribution in [0.2, 0.25) is 0 Å². The van der Waals surface area contributed by atoms with Crippen LogP contribution in [-0.4, -0.2) is 22.1 Å². The summed E-state index contributed by atoms with van der Waals surface area (Å²) >= 11 is 0. The maximum absolute atomic E-state index is 12.5. The molecule has 0 aliphatic heterocycles. The molecule has 6 nitrogen and oxygen atoms in total. The molecule has 2 rings (SSSR count). The number of hydrogen-bond acceptors (Lipinski definition) is 4. The Morgan fingerprint density at radius 1 is 1.24 bits per heavy atom. The number of aryl methyl sites for hydroxylation is 2. The molecule has 0 aliphatic rings. The molecule has 2 N–H and O–H groups in total. The lowest BCUT2D eigenvalue weighted by molar-refractivity contribution is -0.137. The molecule has 0 bridgehead atoms. The first-order chi connectivity index (χ1) is 11.9. The van der Waals surface area contributed by atoms with Crippen molar-refractivity contribution < 1.29 is 19.2 Å². The van der Waals surface area contributed by atoms with Crippen LogP contribution in [-0.2, 0) is 9.59 Å². The van der Waals surface area contributed by atoms with Crippen LogP contribution >= 0.6 is 0 Å². The average Bonchev–Trinajstić information content (AvgIpc) is 2.90. The number of carboxylic acid groups (broad SMARTS) is 1. The molecule has 0 radical (unpaired) electrons. The number of carbonyl (C=O) groups is 2. The molecule has 2 aromatic rings. The summed E-state index contributed by atoms with van der Waals surface area (Å²) in [7, 11) is 0. The first-order valence-electron chi connectivity index (χ1n) is 8.37. The van der Waals surface area contributed by atoms with E-state index < -0.39 is 5.97 Å². The van der Waals surface area contributed by atoms with E-state index in [1.54, 1.807) is 0 Å². The zero-order chi connectivity index (χ0) is 18.4. The van der Waals surface area contributed by atoms with Crippen LogP contribution in [0, 0.1) is 13.8 Å². The first-order valence-corrected chi connectivity index (χ1v) is 8.37. The molecule has 0 saturated carbocycles. The van der Waals surface area contributed by atoms with Gasteiger partial charge in [-0.15, -0.1) is 0 Å². The van der Waals surface area contributed by atoms with E-state index in [-0.39, 0.29) is 24.3 Å². The molecule has 0 spiro atoms. The largest absolute Gasteiger partial charge is 0.481 e. The van der Waals surface area contributed by atoms with E-state index in [0.29, 0.717) is 12.8 Å². The highest BCUT2D eigenvalue weighted by Crippen LogP contribution is 2.26. The molecular formula is C19H24N2O4. The van der Waals surface area contributed by atoms with E-state index in [9.17, 15) is 9.59 Å². The standard InChI is InChI=1S/C19H24N2O4/c1-12(19-13(2)21-25-14(19)3)11-17(22)20-16(9-10-18(23)24)15-7-5-4-6-8-15/h4-8,12,16H,9-11H2,1-3H3,(H,20,22)(H,23,24). The van der Waals surface area contributed by atoms with Gasteiger partial charge in [-0.3, -0.25) is 9.59 Å². The molecule has 2 atom stereocenters. The van der Waals surface area contributed by atoms with Crippen LogP contribution in [0.3, 0.4) is 0 Å². The van der Waals surface area contributed by atoms with Crippen LogP contribution in [0.15, 0.2) is 34.9 Å². The Kier molecular flexibility index (Phi) is 6.33. The van der Waals surface area contributed by atoms with Crippen LogP contribution in [0.4, 0.5) is 0 Å². The van der Waals surface area contributed by atoms with Gasteiger partial charge in [-0.25, -0.2) is 0 Å². The summed E-state index contributed by atoms with van der Waals surface area (Å²) in [6.07, 6.45) is 0.642. The fourth-order valence-corrected chi connectivity index (χ4v) is 3.10. The van der Waals surface area contributed by atoms with Gasteiger partial charge in [-0.05, 0) is 31.7 Å². The average molecular weight is 344 g/mol. The van der Waals surface area contributed by atoms with Gasteiger partial charge in [0, 0.05) is 18.4 Å². The zero-order valence-electron chi connectivity index (χ0n) is 14.8. The maximum atomic E-state index is 12.5. The second-order valence-electron chi connectivity index (χ2n) is 6.31. The van der Waals surface area contributed by atoms with E-state index in [2.05, 4.69) is 10.5 Å². The number of nitrogens with one attached hydrogen (secondary N) is 1. The number of rotatable bonds is 8. The van der Waals surface area contributed by atoms with Gasteiger partial charge in [0.15, 0.2) is 0 Å². The molecule has 1 aromatic carbocycles. The molecule has 0 aliphatic carbocycles. The lowest BCUT2D eigenvalue weighted by Gasteiger charge is -2.20. The number of hydrogen-bond donors (Lipinski definition) is 2. The Morgan fingerprint density at radius 3 is 2.48 bits per heavy atom. The lowest BCUT2D eigenvalue weighted by Crippen LogP contribution is -2.30. The molecule has 6 heteroatoms. The smallest absolute Gasteiger partial charge is 0.303 e. The number of nitrogens with zero attached hydrogens (tertiary/aromatic N) is 1. The van der Waals surface area contributed by atoms with Gasteiger partial charge in [-0.1, -0.05) is 42.4 Å². The summed E-state index contributed by atoms with van der Waals surface area (Å²) in [6, 6.07) is 9.11. The summed E-state index contributed by atoms with van der Waals surface area (Å²) in [5.41, 5.74) is 2.65. The van der Waals surface area contributed by atoms with Crippen molar-refractivity contribution in [1.29, 1.82) is 0 Å². The van der Waals surface area contributed by atoms with E-state index in [1.165, 1.54) is 0 Å². The third-order valence-corrected chi connectivity index (χ3v) is 4.26. The molecule has 1 heterocycles. The minimum absolute atomic E-state index is 0.000733. The summed E-state index contributed by atoms with van der Waals surface area (Å²) in [6.45, 7) is 5.66. The number of amides is 1. The van der Waals surface area contributed by atoms with E-state index in [4.69, 9.17) is 9.63 Å². The Balaban J connectivity index is 2.05. The molecule has 0 saturated heterocycles. The first kappa shape index (κ1) is 18.7. The Morgan fingerprint density at radius 2 is 1.92 bits per heavy atom. The van der Waals surface area contributed by atoms with Crippen molar-refractivity contribution in [3.63, 3.8) is 0 Å². The molecule has 134 valence electrons. The third-order valence-electron chi connectivity index (χ3n) is 4.26. The molecule has 2 unspecified atom stereocenters. The van der Waals surface area contributed by atoms with Crippen LogP contribution in [0.25, 0.3) is 0 Å². The zero-order valence-corrected chi connectivity index (χ0v) is 14.8. The van der Waals surface area contributed by atoms with Crippen molar-refractivity contribution in [2.45, 2.75) is 52.0 Å². The van der Waals surface area contributed by atoms with Gasteiger partial charge >= 0.3 is 5.97 Å². The molecular weight excluding hydrogens is 320 g/mol. The number of benzene rings is 1. The van der Waals surface area contributed by atoms with Crippen LogP contribution in [0.5, 0.6) is 0 Å². The summed E-state index contributed by atoms with van der Waals surface area (Å²) in [5.74, 6) is -0.295. The maximum Gasteiger partial charge on any atom is 0.303 e. The van der Waals surface area contributed by atoms with Crippen LogP contribution < -0.4 is 5.32 Å². The van der Waals surface area contributed by atoms with Gasteiger partial charge < -0.3 is 14.9 Å². The second-order valence-corrected chi connectivity index (χ2v) is 6.31. The van der Waals surface area contributed by atoms with Crippen molar-refractivity contribution in [1.82, 2.24) is 10.5 Å². The van der Waals surface area contributed by atoms with Crippen molar-refractivity contribution in [2.75, 3.05) is 0 Å². The van der Waals surface area contributed by atoms with E-state index in [1.807, 2.05) is 51.1 Å². The summed E-state index contributed by atoms with van der Waals surface area (Å²) in [5, 5.41) is 15.8. The van der Waals surface area contributed by atoms with Crippen LogP contribution in [0.1, 0.15) is 60.7 Å².